The predicted molar refractivity (Wildman–Crippen MR) is 59.3 cm³/mol. The minimum Gasteiger partial charge on any atom is -0.197 e. The van der Waals surface area contributed by atoms with Crippen molar-refractivity contribution < 1.29 is 8.42 Å². The van der Waals surface area contributed by atoms with Gasteiger partial charge in [0.1, 0.15) is 0 Å². The molecule has 1 N–H and O–H groups in total. The van der Waals surface area contributed by atoms with Crippen molar-refractivity contribution in [2.45, 2.75) is 40.2 Å². The second-order valence-corrected chi connectivity index (χ2v) is 6.81. The van der Waals surface area contributed by atoms with E-state index < -0.39 is 15.7 Å². The van der Waals surface area contributed by atoms with Crippen LogP contribution >= 0.6 is 0 Å². The van der Waals surface area contributed by atoms with Gasteiger partial charge in [0, 0.05) is 19.1 Å². The molecule has 4 nitrogen and oxygen atoms in total. The van der Waals surface area contributed by atoms with E-state index in [0.29, 0.717) is 12.5 Å². The van der Waals surface area contributed by atoms with Gasteiger partial charge in [-0.15, -0.1) is 0 Å². The van der Waals surface area contributed by atoms with E-state index in [1.54, 1.807) is 7.05 Å². The maximum atomic E-state index is 11.7. The van der Waals surface area contributed by atoms with Gasteiger partial charge in [-0.05, 0) is 26.7 Å². The van der Waals surface area contributed by atoms with Crippen LogP contribution in [-0.4, -0.2) is 31.9 Å². The topological polar surface area (TPSA) is 49.4 Å². The molecule has 0 spiro atoms. The van der Waals surface area contributed by atoms with Crippen LogP contribution in [0.4, 0.5) is 0 Å². The van der Waals surface area contributed by atoms with Crippen molar-refractivity contribution in [3.63, 3.8) is 0 Å². The molecule has 0 aliphatic rings. The summed E-state index contributed by atoms with van der Waals surface area (Å²) in [5.74, 6) is 0.330. The minimum atomic E-state index is -3.33. The highest BCUT2D eigenvalue weighted by Gasteiger charge is 2.24. The molecule has 0 rings (SSSR count). The summed E-state index contributed by atoms with van der Waals surface area (Å²) in [6, 6.07) is 0. The summed E-state index contributed by atoms with van der Waals surface area (Å²) in [6.07, 6.45) is 0. The van der Waals surface area contributed by atoms with Crippen molar-refractivity contribution in [2.75, 3.05) is 13.6 Å². The van der Waals surface area contributed by atoms with Crippen molar-refractivity contribution in [3.8, 4) is 0 Å². The summed E-state index contributed by atoms with van der Waals surface area (Å²) in [4.78, 5) is 0. The SMILES string of the molecule is CC(C)CN(C)S(=O)(=O)NC(C)(C)C. The van der Waals surface area contributed by atoms with Gasteiger partial charge in [0.2, 0.25) is 0 Å². The molecule has 0 unspecified atom stereocenters. The Bertz CT molecular complexity index is 265. The molecule has 0 fully saturated rings. The van der Waals surface area contributed by atoms with Crippen molar-refractivity contribution >= 4 is 10.2 Å². The van der Waals surface area contributed by atoms with Crippen molar-refractivity contribution in [2.24, 2.45) is 5.92 Å². The maximum absolute atomic E-state index is 11.7. The molecule has 0 saturated heterocycles. The summed E-state index contributed by atoms with van der Waals surface area (Å²) in [7, 11) is -1.74. The van der Waals surface area contributed by atoms with Crippen LogP contribution in [0, 0.1) is 5.92 Å². The van der Waals surface area contributed by atoms with Gasteiger partial charge in [-0.3, -0.25) is 0 Å². The third-order valence-electron chi connectivity index (χ3n) is 1.47. The molecule has 86 valence electrons. The van der Waals surface area contributed by atoms with Gasteiger partial charge in [0.15, 0.2) is 0 Å². The van der Waals surface area contributed by atoms with E-state index in [4.69, 9.17) is 0 Å². The average Bonchev–Trinajstić information content (AvgIpc) is 1.78. The fraction of sp³-hybridized carbons (Fsp3) is 1.00. The lowest BCUT2D eigenvalue weighted by Crippen LogP contribution is -2.48. The van der Waals surface area contributed by atoms with Gasteiger partial charge >= 0.3 is 0 Å². The largest absolute Gasteiger partial charge is 0.279 e. The number of nitrogens with zero attached hydrogens (tertiary/aromatic N) is 1. The van der Waals surface area contributed by atoms with Gasteiger partial charge in [0.25, 0.3) is 10.2 Å². The van der Waals surface area contributed by atoms with Crippen molar-refractivity contribution in [1.82, 2.24) is 9.03 Å². The molecule has 0 aromatic carbocycles. The first kappa shape index (κ1) is 13.9. The van der Waals surface area contributed by atoms with Gasteiger partial charge in [-0.25, -0.2) is 0 Å². The molecular weight excluding hydrogens is 200 g/mol. The zero-order valence-electron chi connectivity index (χ0n) is 9.96. The summed E-state index contributed by atoms with van der Waals surface area (Å²) in [6.45, 7) is 9.99. The Morgan fingerprint density at radius 3 is 2.00 bits per heavy atom. The zero-order chi connectivity index (χ0) is 11.6. The van der Waals surface area contributed by atoms with E-state index in [1.165, 1.54) is 4.31 Å². The molecule has 0 aromatic rings. The Kier molecular flexibility index (Phi) is 4.55. The second-order valence-electron chi connectivity index (χ2n) is 5.03. The summed E-state index contributed by atoms with van der Waals surface area (Å²) in [5.41, 5.74) is -0.427. The number of hydrogen-bond acceptors (Lipinski definition) is 2. The van der Waals surface area contributed by atoms with Crippen LogP contribution in [0.2, 0.25) is 0 Å². The number of rotatable bonds is 4. The number of hydrogen-bond donors (Lipinski definition) is 1. The molecule has 0 aliphatic heterocycles. The minimum absolute atomic E-state index is 0.330. The molecule has 14 heavy (non-hydrogen) atoms. The molecule has 0 radical (unpaired) electrons. The lowest BCUT2D eigenvalue weighted by molar-refractivity contribution is 0.391. The van der Waals surface area contributed by atoms with E-state index in [1.807, 2.05) is 34.6 Å². The van der Waals surface area contributed by atoms with Crippen LogP contribution in [0.15, 0.2) is 0 Å². The summed E-state index contributed by atoms with van der Waals surface area (Å²) < 4.78 is 27.3. The van der Waals surface area contributed by atoms with E-state index in [9.17, 15) is 8.42 Å². The normalized spacial score (nSPS) is 14.0. The van der Waals surface area contributed by atoms with E-state index in [0.717, 1.165) is 0 Å². The quantitative estimate of drug-likeness (QED) is 0.777. The molecule has 0 aliphatic carbocycles. The molecule has 0 bridgehead atoms. The van der Waals surface area contributed by atoms with E-state index in [-0.39, 0.29) is 0 Å². The standard InChI is InChI=1S/C9H22N2O2S/c1-8(2)7-11(6)14(12,13)10-9(3,4)5/h8,10H,7H2,1-6H3. The first-order chi connectivity index (χ1) is 6.04. The Morgan fingerprint density at radius 2 is 1.71 bits per heavy atom. The molecule has 5 heteroatoms. The fourth-order valence-electron chi connectivity index (χ4n) is 1.08. The third kappa shape index (κ3) is 5.57. The van der Waals surface area contributed by atoms with E-state index >= 15 is 0 Å². The van der Waals surface area contributed by atoms with Crippen LogP contribution in [0.3, 0.4) is 0 Å². The van der Waals surface area contributed by atoms with Crippen molar-refractivity contribution in [3.05, 3.63) is 0 Å². The highest BCUT2D eigenvalue weighted by molar-refractivity contribution is 7.87. The highest BCUT2D eigenvalue weighted by Crippen LogP contribution is 2.06. The Labute approximate surface area is 87.9 Å². The van der Waals surface area contributed by atoms with Gasteiger partial charge < -0.3 is 0 Å². The van der Waals surface area contributed by atoms with Gasteiger partial charge in [-0.2, -0.15) is 17.4 Å². The second kappa shape index (κ2) is 4.59. The van der Waals surface area contributed by atoms with Crippen LogP contribution in [0.25, 0.3) is 0 Å². The molecule has 0 amide bonds. The lowest BCUT2D eigenvalue weighted by Gasteiger charge is -2.26. The fourth-order valence-corrected chi connectivity index (χ4v) is 2.50. The zero-order valence-corrected chi connectivity index (χ0v) is 10.8. The molecule has 0 heterocycles. The van der Waals surface area contributed by atoms with E-state index in [2.05, 4.69) is 4.72 Å². The van der Waals surface area contributed by atoms with Crippen molar-refractivity contribution in [1.29, 1.82) is 0 Å². The van der Waals surface area contributed by atoms with Gasteiger partial charge in [0.05, 0.1) is 0 Å². The van der Waals surface area contributed by atoms with Crippen LogP contribution in [0.5, 0.6) is 0 Å². The predicted octanol–water partition coefficient (Wildman–Crippen LogP) is 1.21. The first-order valence-corrected chi connectivity index (χ1v) is 6.24. The Hall–Kier alpha value is -0.130. The highest BCUT2D eigenvalue weighted by atomic mass is 32.2. The smallest absolute Gasteiger partial charge is 0.197 e. The van der Waals surface area contributed by atoms with Gasteiger partial charge in [-0.1, -0.05) is 13.8 Å². The Morgan fingerprint density at radius 1 is 1.29 bits per heavy atom. The summed E-state index contributed by atoms with van der Waals surface area (Å²) in [5, 5.41) is 0. The molecule has 0 saturated carbocycles. The van der Waals surface area contributed by atoms with Crippen LogP contribution in [0.1, 0.15) is 34.6 Å². The monoisotopic (exact) mass is 222 g/mol. The number of nitrogens with one attached hydrogen (secondary N) is 1. The van der Waals surface area contributed by atoms with Crippen LogP contribution in [-0.2, 0) is 10.2 Å². The molecule has 0 atom stereocenters. The maximum Gasteiger partial charge on any atom is 0.279 e. The molecular formula is C9H22N2O2S. The first-order valence-electron chi connectivity index (χ1n) is 4.80. The lowest BCUT2D eigenvalue weighted by atomic mass is 10.1. The Balaban J connectivity index is 4.48. The average molecular weight is 222 g/mol. The molecule has 0 aromatic heterocycles. The summed E-state index contributed by atoms with van der Waals surface area (Å²) >= 11 is 0. The third-order valence-corrected chi connectivity index (χ3v) is 3.31. The van der Waals surface area contributed by atoms with Crippen LogP contribution < -0.4 is 4.72 Å².